The first-order valence-corrected chi connectivity index (χ1v) is 9.35. The van der Waals surface area contributed by atoms with E-state index in [1.54, 1.807) is 29.7 Å². The number of hydrogen-bond acceptors (Lipinski definition) is 5. The van der Waals surface area contributed by atoms with Crippen LogP contribution in [0.5, 0.6) is 5.75 Å². The molecular weight excluding hydrogens is 396 g/mol. The maximum Gasteiger partial charge on any atom is 0.241 e. The molecular formula is C15H15BrN4O3S. The zero-order valence-corrected chi connectivity index (χ0v) is 15.4. The topological polar surface area (TPSA) is 85.6 Å². The Labute approximate surface area is 147 Å². The van der Waals surface area contributed by atoms with Crippen LogP contribution in [0.2, 0.25) is 0 Å². The molecule has 0 amide bonds. The molecule has 3 rings (SSSR count). The third-order valence-corrected chi connectivity index (χ3v) is 5.65. The highest BCUT2D eigenvalue weighted by Crippen LogP contribution is 2.28. The number of aromatic nitrogens is 3. The van der Waals surface area contributed by atoms with Gasteiger partial charge in [0, 0.05) is 6.20 Å². The van der Waals surface area contributed by atoms with E-state index in [0.29, 0.717) is 21.7 Å². The zero-order valence-electron chi connectivity index (χ0n) is 13.0. The Kier molecular flexibility index (Phi) is 4.57. The molecule has 7 nitrogen and oxygen atoms in total. The third-order valence-electron chi connectivity index (χ3n) is 3.49. The van der Waals surface area contributed by atoms with Crippen molar-refractivity contribution in [3.63, 3.8) is 0 Å². The van der Waals surface area contributed by atoms with Gasteiger partial charge < -0.3 is 4.74 Å². The number of nitrogens with zero attached hydrogens (tertiary/aromatic N) is 3. The van der Waals surface area contributed by atoms with Gasteiger partial charge in [-0.15, -0.1) is 10.2 Å². The summed E-state index contributed by atoms with van der Waals surface area (Å²) in [4.78, 5) is 0.135. The van der Waals surface area contributed by atoms with Crippen LogP contribution in [-0.4, -0.2) is 30.1 Å². The second-order valence-electron chi connectivity index (χ2n) is 5.13. The number of hydrogen-bond donors (Lipinski definition) is 1. The van der Waals surface area contributed by atoms with Gasteiger partial charge in [0.25, 0.3) is 0 Å². The van der Waals surface area contributed by atoms with Gasteiger partial charge in [-0.3, -0.25) is 4.40 Å². The summed E-state index contributed by atoms with van der Waals surface area (Å²) in [6.07, 6.45) is 1.79. The number of halogens is 1. The summed E-state index contributed by atoms with van der Waals surface area (Å²) in [6.45, 7) is 1.72. The van der Waals surface area contributed by atoms with Gasteiger partial charge in [0.05, 0.1) is 22.5 Å². The van der Waals surface area contributed by atoms with Crippen LogP contribution in [-0.2, 0) is 10.0 Å². The highest BCUT2D eigenvalue weighted by molar-refractivity contribution is 9.10. The lowest BCUT2D eigenvalue weighted by molar-refractivity contribution is 0.411. The van der Waals surface area contributed by atoms with Crippen molar-refractivity contribution < 1.29 is 13.2 Å². The summed E-state index contributed by atoms with van der Waals surface area (Å²) in [5, 5.41) is 8.11. The van der Waals surface area contributed by atoms with Crippen molar-refractivity contribution in [1.29, 1.82) is 0 Å². The molecule has 24 heavy (non-hydrogen) atoms. The molecule has 0 aliphatic carbocycles. The molecule has 0 fully saturated rings. The highest BCUT2D eigenvalue weighted by atomic mass is 79.9. The number of rotatable bonds is 5. The average molecular weight is 411 g/mol. The fourth-order valence-electron chi connectivity index (χ4n) is 2.32. The predicted octanol–water partition coefficient (Wildman–Crippen LogP) is 2.54. The largest absolute Gasteiger partial charge is 0.496 e. The number of ether oxygens (including phenoxy) is 1. The number of pyridine rings is 1. The lowest BCUT2D eigenvalue weighted by atomic mass is 10.3. The summed E-state index contributed by atoms with van der Waals surface area (Å²) >= 11 is 3.29. The first-order chi connectivity index (χ1) is 11.4. The van der Waals surface area contributed by atoms with Crippen molar-refractivity contribution in [2.75, 3.05) is 7.11 Å². The van der Waals surface area contributed by atoms with Gasteiger partial charge in [-0.05, 0) is 53.2 Å². The van der Waals surface area contributed by atoms with Gasteiger partial charge >= 0.3 is 0 Å². The Morgan fingerprint density at radius 1 is 1.25 bits per heavy atom. The molecule has 1 N–H and O–H groups in total. The van der Waals surface area contributed by atoms with Crippen LogP contribution in [0.1, 0.15) is 18.8 Å². The van der Waals surface area contributed by atoms with Crippen LogP contribution in [0.4, 0.5) is 0 Å². The number of sulfonamides is 1. The summed E-state index contributed by atoms with van der Waals surface area (Å²) in [7, 11) is -2.20. The average Bonchev–Trinajstić information content (AvgIpc) is 2.98. The summed E-state index contributed by atoms with van der Waals surface area (Å²) in [5.74, 6) is 1.08. The predicted molar refractivity (Wildman–Crippen MR) is 92.4 cm³/mol. The van der Waals surface area contributed by atoms with Gasteiger partial charge in [0.1, 0.15) is 5.75 Å². The van der Waals surface area contributed by atoms with E-state index < -0.39 is 16.1 Å². The Bertz CT molecular complexity index is 987. The Balaban J connectivity index is 1.90. The maximum absolute atomic E-state index is 12.6. The third kappa shape index (κ3) is 3.14. The molecule has 126 valence electrons. The second-order valence-corrected chi connectivity index (χ2v) is 7.69. The Hall–Kier alpha value is -1.97. The molecule has 1 unspecified atom stereocenters. The van der Waals surface area contributed by atoms with Crippen LogP contribution in [0.25, 0.3) is 5.65 Å². The van der Waals surface area contributed by atoms with E-state index in [1.807, 2.05) is 12.1 Å². The monoisotopic (exact) mass is 410 g/mol. The quantitative estimate of drug-likeness (QED) is 0.698. The molecule has 9 heteroatoms. The minimum atomic E-state index is -3.72. The van der Waals surface area contributed by atoms with Gasteiger partial charge in [-0.2, -0.15) is 0 Å². The van der Waals surface area contributed by atoms with E-state index in [1.165, 1.54) is 19.2 Å². The van der Waals surface area contributed by atoms with Crippen molar-refractivity contribution in [1.82, 2.24) is 19.3 Å². The molecule has 3 aromatic rings. The van der Waals surface area contributed by atoms with Gasteiger partial charge in [0.2, 0.25) is 10.0 Å². The van der Waals surface area contributed by atoms with Crippen LogP contribution in [0.3, 0.4) is 0 Å². The first-order valence-electron chi connectivity index (χ1n) is 7.08. The lowest BCUT2D eigenvalue weighted by Gasteiger charge is -2.13. The van der Waals surface area contributed by atoms with E-state index in [4.69, 9.17) is 4.74 Å². The van der Waals surface area contributed by atoms with E-state index >= 15 is 0 Å². The molecule has 0 saturated carbocycles. The standard InChI is InChI=1S/C15H15BrN4O3S/c1-10(15-18-17-14-5-3-4-8-20(14)15)19-24(21,22)11-6-7-13(23-2)12(16)9-11/h3-10,19H,1-2H3. The summed E-state index contributed by atoms with van der Waals surface area (Å²) in [5.41, 5.74) is 0.658. The molecule has 1 aromatic carbocycles. The molecule has 0 aliphatic rings. The van der Waals surface area contributed by atoms with Crippen molar-refractivity contribution in [2.45, 2.75) is 17.9 Å². The number of nitrogens with one attached hydrogen (secondary N) is 1. The zero-order chi connectivity index (χ0) is 17.3. The van der Waals surface area contributed by atoms with Crippen molar-refractivity contribution in [3.8, 4) is 5.75 Å². The SMILES string of the molecule is COc1ccc(S(=O)(=O)NC(C)c2nnc3ccccn23)cc1Br. The molecule has 2 aromatic heterocycles. The van der Waals surface area contributed by atoms with Gasteiger partial charge in [0.15, 0.2) is 11.5 Å². The van der Waals surface area contributed by atoms with Crippen molar-refractivity contribution in [3.05, 3.63) is 52.9 Å². The summed E-state index contributed by atoms with van der Waals surface area (Å²) < 4.78 is 35.2. The number of methoxy groups -OCH3 is 1. The maximum atomic E-state index is 12.6. The fourth-order valence-corrected chi connectivity index (χ4v) is 4.24. The Morgan fingerprint density at radius 3 is 2.75 bits per heavy atom. The number of benzene rings is 1. The van der Waals surface area contributed by atoms with Crippen LogP contribution < -0.4 is 9.46 Å². The van der Waals surface area contributed by atoms with E-state index in [2.05, 4.69) is 30.8 Å². The molecule has 2 heterocycles. The minimum absolute atomic E-state index is 0.135. The van der Waals surface area contributed by atoms with E-state index in [0.717, 1.165) is 0 Å². The first kappa shape index (κ1) is 16.9. The molecule has 0 saturated heterocycles. The minimum Gasteiger partial charge on any atom is -0.496 e. The lowest BCUT2D eigenvalue weighted by Crippen LogP contribution is -2.28. The van der Waals surface area contributed by atoms with Crippen LogP contribution >= 0.6 is 15.9 Å². The number of fused-ring (bicyclic) bond motifs is 1. The van der Waals surface area contributed by atoms with Crippen LogP contribution in [0.15, 0.2) is 52.0 Å². The van der Waals surface area contributed by atoms with Crippen LogP contribution in [0, 0.1) is 0 Å². The second kappa shape index (κ2) is 6.50. The van der Waals surface area contributed by atoms with E-state index in [-0.39, 0.29) is 4.90 Å². The summed E-state index contributed by atoms with van der Waals surface area (Å²) in [6, 6.07) is 9.51. The molecule has 1 atom stereocenters. The van der Waals surface area contributed by atoms with Crippen molar-refractivity contribution >= 4 is 31.6 Å². The normalized spacial score (nSPS) is 13.1. The van der Waals surface area contributed by atoms with Gasteiger partial charge in [-0.1, -0.05) is 6.07 Å². The smallest absolute Gasteiger partial charge is 0.241 e. The van der Waals surface area contributed by atoms with E-state index in [9.17, 15) is 8.42 Å². The molecule has 0 aliphatic heterocycles. The Morgan fingerprint density at radius 2 is 2.04 bits per heavy atom. The molecule has 0 radical (unpaired) electrons. The molecule has 0 bridgehead atoms. The highest BCUT2D eigenvalue weighted by Gasteiger charge is 2.22. The van der Waals surface area contributed by atoms with Crippen molar-refractivity contribution in [2.24, 2.45) is 0 Å². The molecule has 0 spiro atoms. The van der Waals surface area contributed by atoms with Gasteiger partial charge in [-0.25, -0.2) is 13.1 Å². The fraction of sp³-hybridized carbons (Fsp3) is 0.200.